The Morgan fingerprint density at radius 1 is 1.06 bits per heavy atom. The summed E-state index contributed by atoms with van der Waals surface area (Å²) in [6.07, 6.45) is 6.94. The Labute approximate surface area is 95.8 Å². The van der Waals surface area contributed by atoms with E-state index < -0.39 is 0 Å². The van der Waals surface area contributed by atoms with Gasteiger partial charge in [0, 0.05) is 17.1 Å². The molecule has 16 heavy (non-hydrogen) atoms. The lowest BCUT2D eigenvalue weighted by Gasteiger charge is -2.15. The topological polar surface area (TPSA) is 50.9 Å². The van der Waals surface area contributed by atoms with Crippen LogP contribution in [0.1, 0.15) is 35.4 Å². The van der Waals surface area contributed by atoms with Crippen LogP contribution < -0.4 is 11.1 Å². The van der Waals surface area contributed by atoms with Gasteiger partial charge >= 0.3 is 0 Å². The molecule has 3 rings (SSSR count). The quantitative estimate of drug-likeness (QED) is 0.792. The number of nitrogens with one attached hydrogen (secondary N) is 1. The average Bonchev–Trinajstić information content (AvgIpc) is 2.83. The Morgan fingerprint density at radius 2 is 1.62 bits per heavy atom. The van der Waals surface area contributed by atoms with E-state index in [9.17, 15) is 0 Å². The van der Waals surface area contributed by atoms with Crippen LogP contribution in [0.15, 0.2) is 12.4 Å². The summed E-state index contributed by atoms with van der Waals surface area (Å²) < 4.78 is 0. The summed E-state index contributed by atoms with van der Waals surface area (Å²) >= 11 is 0. The van der Waals surface area contributed by atoms with E-state index >= 15 is 0 Å². The number of fused-ring (bicyclic) bond motifs is 2. The predicted molar refractivity (Wildman–Crippen MR) is 65.2 cm³/mol. The standard InChI is InChI=1S/C13H17N3/c1-8(14)15-13-9-4-2-6-11(9)16-12-7-3-5-10(12)13/h1-7,14H2,(H,15,16). The fourth-order valence-corrected chi connectivity index (χ4v) is 2.90. The second-order valence-electron chi connectivity index (χ2n) is 4.69. The van der Waals surface area contributed by atoms with Crippen LogP contribution in [0.3, 0.4) is 0 Å². The van der Waals surface area contributed by atoms with Gasteiger partial charge in [-0.3, -0.25) is 4.98 Å². The van der Waals surface area contributed by atoms with Crippen molar-refractivity contribution in [3.8, 4) is 0 Å². The van der Waals surface area contributed by atoms with Gasteiger partial charge in [0.15, 0.2) is 0 Å². The normalized spacial score (nSPS) is 17.0. The molecule has 0 aromatic carbocycles. The third kappa shape index (κ3) is 1.39. The van der Waals surface area contributed by atoms with Crippen molar-refractivity contribution in [3.05, 3.63) is 34.9 Å². The monoisotopic (exact) mass is 215 g/mol. The zero-order valence-corrected chi connectivity index (χ0v) is 9.47. The van der Waals surface area contributed by atoms with Crippen molar-refractivity contribution in [2.24, 2.45) is 5.73 Å². The Hall–Kier alpha value is -1.51. The lowest BCUT2D eigenvalue weighted by molar-refractivity contribution is 0.872. The van der Waals surface area contributed by atoms with Gasteiger partial charge in [-0.15, -0.1) is 0 Å². The lowest BCUT2D eigenvalue weighted by Crippen LogP contribution is -2.12. The van der Waals surface area contributed by atoms with Crippen LogP contribution >= 0.6 is 0 Å². The van der Waals surface area contributed by atoms with E-state index in [1.807, 2.05) is 0 Å². The van der Waals surface area contributed by atoms with Gasteiger partial charge in [-0.05, 0) is 49.7 Å². The third-order valence-electron chi connectivity index (χ3n) is 3.54. The molecule has 84 valence electrons. The van der Waals surface area contributed by atoms with Gasteiger partial charge < -0.3 is 11.1 Å². The number of pyridine rings is 1. The molecule has 3 N–H and O–H groups in total. The van der Waals surface area contributed by atoms with Crippen molar-refractivity contribution in [2.45, 2.75) is 38.5 Å². The third-order valence-corrected chi connectivity index (χ3v) is 3.54. The number of nitrogens with two attached hydrogens (primary N) is 1. The van der Waals surface area contributed by atoms with Gasteiger partial charge in [-0.1, -0.05) is 6.58 Å². The van der Waals surface area contributed by atoms with Gasteiger partial charge in [-0.2, -0.15) is 0 Å². The van der Waals surface area contributed by atoms with Crippen LogP contribution in [0.5, 0.6) is 0 Å². The zero-order valence-electron chi connectivity index (χ0n) is 9.47. The molecule has 1 aromatic rings. The van der Waals surface area contributed by atoms with Crippen molar-refractivity contribution in [3.63, 3.8) is 0 Å². The van der Waals surface area contributed by atoms with Gasteiger partial charge in [0.25, 0.3) is 0 Å². The molecule has 0 radical (unpaired) electrons. The van der Waals surface area contributed by atoms with E-state index in [1.165, 1.54) is 41.0 Å². The molecule has 3 nitrogen and oxygen atoms in total. The van der Waals surface area contributed by atoms with Crippen molar-refractivity contribution in [1.82, 2.24) is 4.98 Å². The highest BCUT2D eigenvalue weighted by Crippen LogP contribution is 2.36. The molecule has 1 heterocycles. The molecular formula is C13H17N3. The number of anilines is 1. The molecule has 0 saturated carbocycles. The molecular weight excluding hydrogens is 198 g/mol. The lowest BCUT2D eigenvalue weighted by atomic mass is 10.1. The highest BCUT2D eigenvalue weighted by molar-refractivity contribution is 5.65. The largest absolute Gasteiger partial charge is 0.386 e. The molecule has 1 aromatic heterocycles. The maximum Gasteiger partial charge on any atom is 0.0930 e. The van der Waals surface area contributed by atoms with E-state index in [0.717, 1.165) is 25.7 Å². The molecule has 0 amide bonds. The SMILES string of the molecule is C=C(N)Nc1c2c(nc3c1CCC3)CCC2. The molecule has 0 spiro atoms. The van der Waals surface area contributed by atoms with Gasteiger partial charge in [0.05, 0.1) is 5.82 Å². The second kappa shape index (κ2) is 3.51. The summed E-state index contributed by atoms with van der Waals surface area (Å²) in [5.74, 6) is 0.536. The van der Waals surface area contributed by atoms with Crippen molar-refractivity contribution in [2.75, 3.05) is 5.32 Å². The minimum atomic E-state index is 0.536. The first kappa shape index (κ1) is 9.70. The Balaban J connectivity index is 2.15. The molecule has 2 aliphatic rings. The van der Waals surface area contributed by atoms with Crippen molar-refractivity contribution < 1.29 is 0 Å². The zero-order chi connectivity index (χ0) is 11.1. The smallest absolute Gasteiger partial charge is 0.0930 e. The number of hydrogen-bond acceptors (Lipinski definition) is 3. The first-order chi connectivity index (χ1) is 7.75. The molecule has 0 atom stereocenters. The second-order valence-corrected chi connectivity index (χ2v) is 4.69. The molecule has 0 aliphatic heterocycles. The minimum absolute atomic E-state index is 0.536. The minimum Gasteiger partial charge on any atom is -0.386 e. The highest BCUT2D eigenvalue weighted by atomic mass is 15.0. The first-order valence-electron chi connectivity index (χ1n) is 6.00. The van der Waals surface area contributed by atoms with E-state index in [-0.39, 0.29) is 0 Å². The molecule has 2 aliphatic carbocycles. The van der Waals surface area contributed by atoms with Crippen LogP contribution in [0.2, 0.25) is 0 Å². The fourth-order valence-electron chi connectivity index (χ4n) is 2.90. The number of aromatic nitrogens is 1. The molecule has 3 heteroatoms. The van der Waals surface area contributed by atoms with Gasteiger partial charge in [-0.25, -0.2) is 0 Å². The van der Waals surface area contributed by atoms with E-state index in [1.54, 1.807) is 0 Å². The predicted octanol–water partition coefficient (Wildman–Crippen LogP) is 1.90. The van der Waals surface area contributed by atoms with Gasteiger partial charge in [0.1, 0.15) is 0 Å². The summed E-state index contributed by atoms with van der Waals surface area (Å²) in [5, 5.41) is 3.25. The van der Waals surface area contributed by atoms with Crippen molar-refractivity contribution in [1.29, 1.82) is 0 Å². The summed E-state index contributed by atoms with van der Waals surface area (Å²) in [7, 11) is 0. The maximum atomic E-state index is 5.69. The van der Waals surface area contributed by atoms with Crippen molar-refractivity contribution >= 4 is 5.69 Å². The fraction of sp³-hybridized carbons (Fsp3) is 0.462. The molecule has 0 fully saturated rings. The maximum absolute atomic E-state index is 5.69. The van der Waals surface area contributed by atoms with E-state index in [4.69, 9.17) is 10.7 Å². The van der Waals surface area contributed by atoms with E-state index in [0.29, 0.717) is 5.82 Å². The van der Waals surface area contributed by atoms with Crippen LogP contribution in [0.4, 0.5) is 5.69 Å². The first-order valence-corrected chi connectivity index (χ1v) is 6.00. The Kier molecular flexibility index (Phi) is 2.13. The Morgan fingerprint density at radius 3 is 2.12 bits per heavy atom. The van der Waals surface area contributed by atoms with Crippen LogP contribution in [-0.2, 0) is 25.7 Å². The van der Waals surface area contributed by atoms with Crippen LogP contribution in [0, 0.1) is 0 Å². The summed E-state index contributed by atoms with van der Waals surface area (Å²) in [6, 6.07) is 0. The molecule has 0 saturated heterocycles. The summed E-state index contributed by atoms with van der Waals surface area (Å²) in [6.45, 7) is 3.75. The number of aryl methyl sites for hydroxylation is 2. The summed E-state index contributed by atoms with van der Waals surface area (Å²) in [4.78, 5) is 4.79. The van der Waals surface area contributed by atoms with Gasteiger partial charge in [0.2, 0.25) is 0 Å². The number of hydrogen-bond donors (Lipinski definition) is 2. The summed E-state index contributed by atoms with van der Waals surface area (Å²) in [5.41, 5.74) is 12.2. The highest BCUT2D eigenvalue weighted by Gasteiger charge is 2.25. The Bertz CT molecular complexity index is 430. The molecule has 0 unspecified atom stereocenters. The number of nitrogens with zero attached hydrogens (tertiary/aromatic N) is 1. The molecule has 0 bridgehead atoms. The number of rotatable bonds is 2. The van der Waals surface area contributed by atoms with Crippen LogP contribution in [-0.4, -0.2) is 4.98 Å². The van der Waals surface area contributed by atoms with Crippen LogP contribution in [0.25, 0.3) is 0 Å². The van der Waals surface area contributed by atoms with E-state index in [2.05, 4.69) is 11.9 Å². The average molecular weight is 215 g/mol.